The molecule has 158 valence electrons. The second kappa shape index (κ2) is 8.64. The summed E-state index contributed by atoms with van der Waals surface area (Å²) in [4.78, 5) is 4.71. The first kappa shape index (κ1) is 20.0. The van der Waals surface area contributed by atoms with Crippen LogP contribution in [0, 0.1) is 11.3 Å². The first-order valence-electron chi connectivity index (χ1n) is 10.5. The van der Waals surface area contributed by atoms with Gasteiger partial charge in [-0.1, -0.05) is 35.9 Å². The molecule has 2 N–H and O–H groups in total. The molecule has 1 atom stereocenters. The normalized spacial score (nSPS) is 23.3. The summed E-state index contributed by atoms with van der Waals surface area (Å²) in [6.45, 7) is 4.89. The highest BCUT2D eigenvalue weighted by molar-refractivity contribution is 6.30. The van der Waals surface area contributed by atoms with Crippen molar-refractivity contribution in [3.8, 4) is 6.07 Å². The Morgan fingerprint density at radius 1 is 1.13 bits per heavy atom. The van der Waals surface area contributed by atoms with Gasteiger partial charge in [0.15, 0.2) is 0 Å². The molecule has 4 aliphatic rings. The molecular formula is C24H24ClN5O. The van der Waals surface area contributed by atoms with E-state index in [1.54, 1.807) is 0 Å². The maximum absolute atomic E-state index is 9.55. The summed E-state index contributed by atoms with van der Waals surface area (Å²) in [7, 11) is 0. The predicted octanol–water partition coefficient (Wildman–Crippen LogP) is 2.96. The topological polar surface area (TPSA) is 63.6 Å². The molecule has 4 aliphatic heterocycles. The number of rotatable bonds is 4. The Kier molecular flexibility index (Phi) is 5.56. The van der Waals surface area contributed by atoms with Gasteiger partial charge in [-0.05, 0) is 29.8 Å². The van der Waals surface area contributed by atoms with Gasteiger partial charge in [0.1, 0.15) is 12.2 Å². The zero-order chi connectivity index (χ0) is 21.2. The van der Waals surface area contributed by atoms with E-state index in [1.165, 1.54) is 5.70 Å². The van der Waals surface area contributed by atoms with Crippen LogP contribution in [0.3, 0.4) is 0 Å². The van der Waals surface area contributed by atoms with Crippen molar-refractivity contribution >= 4 is 17.3 Å². The zero-order valence-corrected chi connectivity index (χ0v) is 17.9. The van der Waals surface area contributed by atoms with Gasteiger partial charge in [-0.25, -0.2) is 0 Å². The molecular weight excluding hydrogens is 410 g/mol. The fraction of sp³-hybridized carbons (Fsp3) is 0.292. The fourth-order valence-corrected chi connectivity index (χ4v) is 4.42. The number of halogens is 1. The van der Waals surface area contributed by atoms with E-state index >= 15 is 0 Å². The van der Waals surface area contributed by atoms with Crippen LogP contribution < -0.4 is 10.6 Å². The quantitative estimate of drug-likeness (QED) is 0.761. The van der Waals surface area contributed by atoms with Crippen molar-refractivity contribution in [2.24, 2.45) is 0 Å². The van der Waals surface area contributed by atoms with Crippen LogP contribution in [0.25, 0.3) is 5.70 Å². The Morgan fingerprint density at radius 2 is 1.94 bits per heavy atom. The van der Waals surface area contributed by atoms with E-state index in [-0.39, 0.29) is 6.17 Å². The third kappa shape index (κ3) is 4.00. The highest BCUT2D eigenvalue weighted by Crippen LogP contribution is 2.34. The minimum Gasteiger partial charge on any atom is -0.380 e. The van der Waals surface area contributed by atoms with Crippen LogP contribution in [0.4, 0.5) is 0 Å². The second-order valence-electron chi connectivity index (χ2n) is 7.84. The van der Waals surface area contributed by atoms with Crippen LogP contribution in [0.15, 0.2) is 77.3 Å². The van der Waals surface area contributed by atoms with E-state index < -0.39 is 0 Å². The van der Waals surface area contributed by atoms with Gasteiger partial charge in [0.25, 0.3) is 0 Å². The van der Waals surface area contributed by atoms with Gasteiger partial charge in [-0.3, -0.25) is 4.90 Å². The van der Waals surface area contributed by atoms with E-state index in [1.807, 2.05) is 24.3 Å². The average Bonchev–Trinajstić information content (AvgIpc) is 3.17. The van der Waals surface area contributed by atoms with Gasteiger partial charge in [0.05, 0.1) is 35.9 Å². The molecule has 6 nitrogen and oxygen atoms in total. The van der Waals surface area contributed by atoms with E-state index in [0.717, 1.165) is 66.9 Å². The van der Waals surface area contributed by atoms with Crippen molar-refractivity contribution in [2.75, 3.05) is 39.4 Å². The van der Waals surface area contributed by atoms with Gasteiger partial charge in [0.2, 0.25) is 0 Å². The SMILES string of the molecule is N#CC1=C(C2=CN3C(CN4CCOCC4)=C(c4ccc(Cl)cc4)NC3C=C2)NCC=C1. The monoisotopic (exact) mass is 433 g/mol. The minimum absolute atomic E-state index is 0.0377. The summed E-state index contributed by atoms with van der Waals surface area (Å²) in [6.07, 6.45) is 10.3. The number of fused-ring (bicyclic) bond motifs is 1. The van der Waals surface area contributed by atoms with Crippen molar-refractivity contribution in [1.82, 2.24) is 20.4 Å². The van der Waals surface area contributed by atoms with E-state index in [2.05, 4.69) is 57.0 Å². The van der Waals surface area contributed by atoms with Crippen LogP contribution in [0.1, 0.15) is 5.56 Å². The summed E-state index contributed by atoms with van der Waals surface area (Å²) in [6, 6.07) is 10.3. The third-order valence-electron chi connectivity index (χ3n) is 5.90. The Balaban J connectivity index is 1.53. The number of allylic oxidation sites excluding steroid dienone is 3. The first-order chi connectivity index (χ1) is 15.2. The van der Waals surface area contributed by atoms with Gasteiger partial charge in [-0.2, -0.15) is 5.26 Å². The maximum atomic E-state index is 9.55. The molecule has 0 aliphatic carbocycles. The van der Waals surface area contributed by atoms with Gasteiger partial charge >= 0.3 is 0 Å². The molecule has 5 rings (SSSR count). The van der Waals surface area contributed by atoms with Crippen molar-refractivity contribution in [2.45, 2.75) is 6.17 Å². The van der Waals surface area contributed by atoms with Crippen LogP contribution in [-0.4, -0.2) is 55.4 Å². The van der Waals surface area contributed by atoms with Crippen LogP contribution in [0.2, 0.25) is 5.02 Å². The van der Waals surface area contributed by atoms with Crippen LogP contribution in [0.5, 0.6) is 0 Å². The largest absolute Gasteiger partial charge is 0.380 e. The standard InChI is InChI=1S/C24H24ClN5O/c25-20-6-3-17(4-7-20)24-21(16-29-10-12-31-13-11-29)30-15-19(5-8-22(30)28-24)23-18(14-26)2-1-9-27-23/h1-8,15,22,27-28H,9-13,16H2. The molecule has 7 heteroatoms. The molecule has 0 saturated carbocycles. The van der Waals surface area contributed by atoms with Gasteiger partial charge in [-0.15, -0.1) is 0 Å². The molecule has 31 heavy (non-hydrogen) atoms. The van der Waals surface area contributed by atoms with E-state index in [0.29, 0.717) is 5.57 Å². The summed E-state index contributed by atoms with van der Waals surface area (Å²) in [5.74, 6) is 0. The molecule has 1 aromatic carbocycles. The molecule has 0 amide bonds. The Morgan fingerprint density at radius 3 is 2.71 bits per heavy atom. The van der Waals surface area contributed by atoms with E-state index in [9.17, 15) is 5.26 Å². The predicted molar refractivity (Wildman–Crippen MR) is 121 cm³/mol. The Labute approximate surface area is 187 Å². The molecule has 1 saturated heterocycles. The summed E-state index contributed by atoms with van der Waals surface area (Å²) in [5.41, 5.74) is 5.98. The molecule has 0 radical (unpaired) electrons. The van der Waals surface area contributed by atoms with Crippen molar-refractivity contribution in [3.63, 3.8) is 0 Å². The number of hydrogen-bond acceptors (Lipinski definition) is 6. The maximum Gasteiger partial charge on any atom is 0.123 e. The van der Waals surface area contributed by atoms with Gasteiger partial charge in [0, 0.05) is 43.0 Å². The molecule has 1 aromatic rings. The van der Waals surface area contributed by atoms with Crippen LogP contribution >= 0.6 is 11.6 Å². The molecule has 1 fully saturated rings. The average molecular weight is 434 g/mol. The highest BCUT2D eigenvalue weighted by Gasteiger charge is 2.33. The number of nitriles is 1. The summed E-state index contributed by atoms with van der Waals surface area (Å²) in [5, 5.41) is 17.3. The smallest absolute Gasteiger partial charge is 0.123 e. The van der Waals surface area contributed by atoms with Crippen molar-refractivity contribution in [1.29, 1.82) is 5.26 Å². The van der Waals surface area contributed by atoms with Gasteiger partial charge < -0.3 is 20.3 Å². The van der Waals surface area contributed by atoms with Crippen molar-refractivity contribution in [3.05, 3.63) is 87.9 Å². The summed E-state index contributed by atoms with van der Waals surface area (Å²) >= 11 is 6.13. The lowest BCUT2D eigenvalue weighted by Gasteiger charge is -2.32. The highest BCUT2D eigenvalue weighted by atomic mass is 35.5. The molecule has 4 heterocycles. The lowest BCUT2D eigenvalue weighted by atomic mass is 10.0. The Bertz CT molecular complexity index is 1050. The number of hydrogen-bond donors (Lipinski definition) is 2. The molecule has 1 unspecified atom stereocenters. The number of benzene rings is 1. The molecule has 0 bridgehead atoms. The van der Waals surface area contributed by atoms with Crippen LogP contribution in [-0.2, 0) is 4.74 Å². The number of ether oxygens (including phenoxy) is 1. The second-order valence-corrected chi connectivity index (χ2v) is 8.28. The Hall–Kier alpha value is -2.98. The lowest BCUT2D eigenvalue weighted by molar-refractivity contribution is 0.0401. The lowest BCUT2D eigenvalue weighted by Crippen LogP contribution is -2.41. The summed E-state index contributed by atoms with van der Waals surface area (Å²) < 4.78 is 5.54. The van der Waals surface area contributed by atoms with E-state index in [4.69, 9.17) is 16.3 Å². The van der Waals surface area contributed by atoms with Crippen molar-refractivity contribution < 1.29 is 4.74 Å². The number of morpholine rings is 1. The fourth-order valence-electron chi connectivity index (χ4n) is 4.30. The molecule has 0 spiro atoms. The first-order valence-corrected chi connectivity index (χ1v) is 10.9. The number of nitrogens with one attached hydrogen (secondary N) is 2. The number of nitrogens with zero attached hydrogens (tertiary/aromatic N) is 3. The molecule has 0 aromatic heterocycles. The minimum atomic E-state index is 0.0377. The third-order valence-corrected chi connectivity index (χ3v) is 6.15. The zero-order valence-electron chi connectivity index (χ0n) is 17.1. The number of dihydropyridines is 1.